The highest BCUT2D eigenvalue weighted by Gasteiger charge is 2.48. The number of carbonyl (C=O) groups excluding carboxylic acids is 1. The van der Waals surface area contributed by atoms with Crippen LogP contribution in [0.2, 0.25) is 0 Å². The molecule has 1 amide bonds. The van der Waals surface area contributed by atoms with Crippen molar-refractivity contribution >= 4 is 11.9 Å². The lowest BCUT2D eigenvalue weighted by Crippen LogP contribution is -2.41. The van der Waals surface area contributed by atoms with Crippen molar-refractivity contribution in [3.63, 3.8) is 0 Å². The minimum atomic E-state index is -1.04. The first-order valence-electron chi connectivity index (χ1n) is 13.4. The lowest BCUT2D eigenvalue weighted by atomic mass is 9.82. The molecule has 2 heterocycles. The molecule has 1 saturated heterocycles. The minimum Gasteiger partial charge on any atom is -0.494 e. The summed E-state index contributed by atoms with van der Waals surface area (Å²) >= 11 is 0. The summed E-state index contributed by atoms with van der Waals surface area (Å²) in [6.07, 6.45) is 2.66. The van der Waals surface area contributed by atoms with Crippen LogP contribution in [0.4, 0.5) is 4.39 Å². The van der Waals surface area contributed by atoms with Gasteiger partial charge in [-0.05, 0) is 48.2 Å². The Hall–Kier alpha value is -3.53. The Morgan fingerprint density at radius 2 is 1.82 bits per heavy atom. The van der Waals surface area contributed by atoms with E-state index < -0.39 is 29.7 Å². The maximum absolute atomic E-state index is 14.8. The Kier molecular flexibility index (Phi) is 9.16. The number of halogens is 1. The van der Waals surface area contributed by atoms with E-state index >= 15 is 0 Å². The largest absolute Gasteiger partial charge is 0.494 e. The monoisotopic (exact) mass is 544 g/mol. The van der Waals surface area contributed by atoms with Crippen molar-refractivity contribution in [2.45, 2.75) is 45.1 Å². The number of amides is 1. The van der Waals surface area contributed by atoms with E-state index in [0.717, 1.165) is 19.3 Å². The molecule has 1 fully saturated rings. The predicted octanol–water partition coefficient (Wildman–Crippen LogP) is 4.45. The number of carboxylic acids is 1. The molecule has 9 nitrogen and oxygen atoms in total. The Bertz CT molecular complexity index is 1190. The average molecular weight is 545 g/mol. The van der Waals surface area contributed by atoms with Crippen molar-refractivity contribution in [2.24, 2.45) is 5.92 Å². The number of aliphatic carboxylic acids is 1. The molecule has 2 aromatic carbocycles. The number of hydrogen-bond acceptors (Lipinski definition) is 7. The smallest absolute Gasteiger partial charge is 0.309 e. The molecule has 4 rings (SSSR count). The third-order valence-corrected chi connectivity index (χ3v) is 7.48. The Labute approximate surface area is 228 Å². The highest BCUT2D eigenvalue weighted by Crippen LogP contribution is 2.50. The van der Waals surface area contributed by atoms with Crippen LogP contribution in [0.25, 0.3) is 0 Å². The standard InChI is InChI=1S/C29H37FN2O7/c1-5-7-11-31(10-6-2)25(33)16-32-15-20(19-13-23(37-4)28-24(14-19)38-17-39-28)26(29(34)35)27(32)18-8-9-22(36-3)21(30)12-18/h8-9,12-14,20,26-27H,5-7,10-11,15-17H2,1-4H3,(H,34,35)/t20-,26+,27-/m1/s1. The molecule has 2 aliphatic heterocycles. The van der Waals surface area contributed by atoms with Crippen LogP contribution >= 0.6 is 0 Å². The van der Waals surface area contributed by atoms with Gasteiger partial charge < -0.3 is 29.0 Å². The van der Waals surface area contributed by atoms with Gasteiger partial charge in [-0.1, -0.05) is 26.3 Å². The van der Waals surface area contributed by atoms with Crippen molar-refractivity contribution in [2.75, 3.05) is 47.2 Å². The van der Waals surface area contributed by atoms with Crippen LogP contribution in [-0.4, -0.2) is 74.0 Å². The number of nitrogens with zero attached hydrogens (tertiary/aromatic N) is 2. The number of carbonyl (C=O) groups is 2. The van der Waals surface area contributed by atoms with Gasteiger partial charge in [-0.15, -0.1) is 0 Å². The molecule has 2 aliphatic rings. The van der Waals surface area contributed by atoms with E-state index in [1.54, 1.807) is 18.2 Å². The second kappa shape index (κ2) is 12.5. The first-order valence-corrected chi connectivity index (χ1v) is 13.4. The van der Waals surface area contributed by atoms with Crippen LogP contribution in [0.15, 0.2) is 30.3 Å². The van der Waals surface area contributed by atoms with E-state index in [1.807, 2.05) is 16.7 Å². The summed E-state index contributed by atoms with van der Waals surface area (Å²) < 4.78 is 36.5. The summed E-state index contributed by atoms with van der Waals surface area (Å²) in [6.45, 7) is 5.70. The van der Waals surface area contributed by atoms with Crippen LogP contribution in [0.5, 0.6) is 23.0 Å². The molecular weight excluding hydrogens is 507 g/mol. The topological polar surface area (TPSA) is 97.8 Å². The number of ether oxygens (including phenoxy) is 4. The molecule has 0 unspecified atom stereocenters. The number of carboxylic acid groups (broad SMARTS) is 1. The number of unbranched alkanes of at least 4 members (excludes halogenated alkanes) is 1. The quantitative estimate of drug-likeness (QED) is 0.419. The highest BCUT2D eigenvalue weighted by molar-refractivity contribution is 5.79. The second-order valence-corrected chi connectivity index (χ2v) is 9.93. The van der Waals surface area contributed by atoms with E-state index in [4.69, 9.17) is 18.9 Å². The fourth-order valence-corrected chi connectivity index (χ4v) is 5.61. The fourth-order valence-electron chi connectivity index (χ4n) is 5.61. The van der Waals surface area contributed by atoms with Crippen molar-refractivity contribution in [3.8, 4) is 23.0 Å². The molecule has 2 aromatic rings. The van der Waals surface area contributed by atoms with Crippen molar-refractivity contribution in [3.05, 3.63) is 47.3 Å². The SMILES string of the molecule is CCCCN(CCC)C(=O)CN1C[C@H](c2cc(OC)c3c(c2)OCO3)[C@H](C(=O)O)[C@H]1c1ccc(OC)c(F)c1. The summed E-state index contributed by atoms with van der Waals surface area (Å²) in [6, 6.07) is 7.25. The van der Waals surface area contributed by atoms with Gasteiger partial charge in [0.2, 0.25) is 18.4 Å². The zero-order valence-electron chi connectivity index (χ0n) is 22.9. The van der Waals surface area contributed by atoms with E-state index in [1.165, 1.54) is 26.4 Å². The summed E-state index contributed by atoms with van der Waals surface area (Å²) in [5, 5.41) is 10.5. The molecule has 0 radical (unpaired) electrons. The maximum Gasteiger partial charge on any atom is 0.309 e. The third kappa shape index (κ3) is 5.90. The lowest BCUT2D eigenvalue weighted by molar-refractivity contribution is -0.144. The molecular formula is C29H37FN2O7. The molecule has 39 heavy (non-hydrogen) atoms. The predicted molar refractivity (Wildman–Crippen MR) is 142 cm³/mol. The third-order valence-electron chi connectivity index (χ3n) is 7.48. The molecule has 0 aliphatic carbocycles. The summed E-state index contributed by atoms with van der Waals surface area (Å²) in [5.41, 5.74) is 1.16. The molecule has 0 spiro atoms. The molecule has 0 saturated carbocycles. The van der Waals surface area contributed by atoms with Crippen LogP contribution < -0.4 is 18.9 Å². The van der Waals surface area contributed by atoms with Gasteiger partial charge >= 0.3 is 5.97 Å². The summed E-state index contributed by atoms with van der Waals surface area (Å²) in [7, 11) is 2.89. The Morgan fingerprint density at radius 1 is 1.05 bits per heavy atom. The van der Waals surface area contributed by atoms with E-state index in [9.17, 15) is 19.1 Å². The van der Waals surface area contributed by atoms with E-state index in [0.29, 0.717) is 41.5 Å². The average Bonchev–Trinajstić information content (AvgIpc) is 3.55. The Balaban J connectivity index is 1.75. The van der Waals surface area contributed by atoms with Crippen LogP contribution in [0, 0.1) is 11.7 Å². The summed E-state index contributed by atoms with van der Waals surface area (Å²) in [5.74, 6) is -1.73. The van der Waals surface area contributed by atoms with Gasteiger partial charge in [0.1, 0.15) is 0 Å². The molecule has 0 bridgehead atoms. The van der Waals surface area contributed by atoms with Crippen molar-refractivity contribution in [1.82, 2.24) is 9.80 Å². The van der Waals surface area contributed by atoms with Crippen molar-refractivity contribution < 1.29 is 38.0 Å². The zero-order chi connectivity index (χ0) is 28.1. The fraction of sp³-hybridized carbons (Fsp3) is 0.517. The molecule has 212 valence electrons. The zero-order valence-corrected chi connectivity index (χ0v) is 22.9. The van der Waals surface area contributed by atoms with Gasteiger partial charge in [0, 0.05) is 31.6 Å². The number of likely N-dealkylation sites (tertiary alicyclic amines) is 1. The number of fused-ring (bicyclic) bond motifs is 1. The van der Waals surface area contributed by atoms with E-state index in [-0.39, 0.29) is 31.5 Å². The minimum absolute atomic E-state index is 0.0179. The molecule has 3 atom stereocenters. The Morgan fingerprint density at radius 3 is 2.46 bits per heavy atom. The van der Waals surface area contributed by atoms with Gasteiger partial charge in [0.15, 0.2) is 23.1 Å². The van der Waals surface area contributed by atoms with Gasteiger partial charge in [-0.2, -0.15) is 0 Å². The van der Waals surface area contributed by atoms with Gasteiger partial charge in [-0.25, -0.2) is 4.39 Å². The van der Waals surface area contributed by atoms with Crippen molar-refractivity contribution in [1.29, 1.82) is 0 Å². The van der Waals surface area contributed by atoms with Crippen LogP contribution in [0.3, 0.4) is 0 Å². The number of hydrogen-bond donors (Lipinski definition) is 1. The summed E-state index contributed by atoms with van der Waals surface area (Å²) in [4.78, 5) is 30.0. The molecule has 0 aromatic heterocycles. The first-order chi connectivity index (χ1) is 18.8. The maximum atomic E-state index is 14.8. The second-order valence-electron chi connectivity index (χ2n) is 9.93. The lowest BCUT2D eigenvalue weighted by Gasteiger charge is -2.30. The van der Waals surface area contributed by atoms with Gasteiger partial charge in [-0.3, -0.25) is 14.5 Å². The normalized spacial score (nSPS) is 20.2. The number of rotatable bonds is 12. The van der Waals surface area contributed by atoms with E-state index in [2.05, 4.69) is 6.92 Å². The molecule has 10 heteroatoms. The van der Waals surface area contributed by atoms with Crippen LogP contribution in [0.1, 0.15) is 56.2 Å². The first kappa shape index (κ1) is 28.5. The van der Waals surface area contributed by atoms with Gasteiger partial charge in [0.25, 0.3) is 0 Å². The number of methoxy groups -OCH3 is 2. The highest BCUT2D eigenvalue weighted by atomic mass is 19.1. The van der Waals surface area contributed by atoms with Gasteiger partial charge in [0.05, 0.1) is 26.7 Å². The molecule has 1 N–H and O–H groups in total. The van der Waals surface area contributed by atoms with Crippen LogP contribution in [-0.2, 0) is 9.59 Å². The number of benzene rings is 2.